The van der Waals surface area contributed by atoms with Gasteiger partial charge in [0, 0.05) is 11.3 Å². The van der Waals surface area contributed by atoms with Crippen LogP contribution >= 0.6 is 0 Å². The van der Waals surface area contributed by atoms with E-state index in [-0.39, 0.29) is 24.0 Å². The van der Waals surface area contributed by atoms with Crippen LogP contribution in [0, 0.1) is 0 Å². The summed E-state index contributed by atoms with van der Waals surface area (Å²) in [5.41, 5.74) is 8.30. The highest BCUT2D eigenvalue weighted by Gasteiger charge is 2.44. The summed E-state index contributed by atoms with van der Waals surface area (Å²) in [5.74, 6) is -0.784. The number of amides is 1. The van der Waals surface area contributed by atoms with Crippen LogP contribution in [0.4, 0.5) is 0 Å². The second-order valence-corrected chi connectivity index (χ2v) is 7.43. The molecule has 1 aromatic heterocycles. The molecule has 1 aliphatic heterocycles. The summed E-state index contributed by atoms with van der Waals surface area (Å²) in [6.07, 6.45) is 0.469. The molecular weight excluding hydrogens is 366 g/mol. The number of para-hydroxylation sites is 1. The molecule has 150 valence electrons. The number of rotatable bonds is 5. The lowest BCUT2D eigenvalue weighted by atomic mass is 9.91. The first-order chi connectivity index (χ1) is 14.0. The highest BCUT2D eigenvalue weighted by atomic mass is 16.5. The number of hydrogen-bond acceptors (Lipinski definition) is 4. The van der Waals surface area contributed by atoms with Crippen molar-refractivity contribution in [2.45, 2.75) is 31.5 Å². The van der Waals surface area contributed by atoms with E-state index in [1.807, 2.05) is 77.2 Å². The Morgan fingerprint density at radius 1 is 1.10 bits per heavy atom. The second-order valence-electron chi connectivity index (χ2n) is 7.43. The maximum absolute atomic E-state index is 12.7. The monoisotopic (exact) mass is 391 g/mol. The number of benzene rings is 2. The van der Waals surface area contributed by atoms with E-state index in [0.29, 0.717) is 18.7 Å². The predicted molar refractivity (Wildman–Crippen MR) is 111 cm³/mol. The Morgan fingerprint density at radius 2 is 1.79 bits per heavy atom. The molecule has 1 unspecified atom stereocenters. The van der Waals surface area contributed by atoms with E-state index in [2.05, 4.69) is 0 Å². The first kappa shape index (κ1) is 19.2. The van der Waals surface area contributed by atoms with E-state index in [1.165, 1.54) is 0 Å². The van der Waals surface area contributed by atoms with Gasteiger partial charge in [0.25, 0.3) is 0 Å². The zero-order valence-electron chi connectivity index (χ0n) is 16.6. The molecule has 2 N–H and O–H groups in total. The summed E-state index contributed by atoms with van der Waals surface area (Å²) in [6, 6.07) is 19.2. The topological polar surface area (TPSA) is 77.6 Å². The molecule has 4 rings (SSSR count). The van der Waals surface area contributed by atoms with Gasteiger partial charge >= 0.3 is 5.97 Å². The van der Waals surface area contributed by atoms with Gasteiger partial charge in [-0.25, -0.2) is 4.79 Å². The molecule has 1 aliphatic rings. The zero-order valence-corrected chi connectivity index (χ0v) is 16.6. The fraction of sp³-hybridized carbons (Fsp3) is 0.304. The average Bonchev–Trinajstić information content (AvgIpc) is 3.26. The lowest BCUT2D eigenvalue weighted by Gasteiger charge is -2.27. The van der Waals surface area contributed by atoms with Gasteiger partial charge in [-0.1, -0.05) is 48.5 Å². The van der Waals surface area contributed by atoms with Crippen LogP contribution in [0.5, 0.6) is 0 Å². The van der Waals surface area contributed by atoms with Gasteiger partial charge in [-0.2, -0.15) is 0 Å². The number of carbonyl (C=O) groups is 2. The minimum absolute atomic E-state index is 0.0556. The summed E-state index contributed by atoms with van der Waals surface area (Å²) < 4.78 is 7.30. The fourth-order valence-electron chi connectivity index (χ4n) is 4.56. The van der Waals surface area contributed by atoms with Crippen molar-refractivity contribution in [3.05, 3.63) is 71.9 Å². The Morgan fingerprint density at radius 3 is 2.48 bits per heavy atom. The lowest BCUT2D eigenvalue weighted by molar-refractivity contribution is -0.122. The van der Waals surface area contributed by atoms with Gasteiger partial charge in [0.15, 0.2) is 0 Å². The Labute approximate surface area is 169 Å². The summed E-state index contributed by atoms with van der Waals surface area (Å²) in [6.45, 7) is 2.10. The zero-order chi connectivity index (χ0) is 20.5. The van der Waals surface area contributed by atoms with Gasteiger partial charge in [0.2, 0.25) is 5.91 Å². The standard InChI is InChI=1S/C23H25N3O3/c1-3-29-23(28)19-13-16-11-7-8-12-18(16)26(19)20-14-17(15-9-5-4-6-10-15)21(22(24)27)25(20)2/h4-13,17,20-21H,3,14H2,1-2H3,(H2,24,27)/t17-,20?,21+/m1/s1. The highest BCUT2D eigenvalue weighted by Crippen LogP contribution is 2.43. The van der Waals surface area contributed by atoms with E-state index in [0.717, 1.165) is 16.5 Å². The molecule has 2 heterocycles. The van der Waals surface area contributed by atoms with Crippen LogP contribution in [0.2, 0.25) is 0 Å². The number of hydrogen-bond donors (Lipinski definition) is 1. The van der Waals surface area contributed by atoms with Gasteiger partial charge in [-0.3, -0.25) is 9.69 Å². The van der Waals surface area contributed by atoms with Crippen molar-refractivity contribution < 1.29 is 14.3 Å². The number of nitrogens with zero attached hydrogens (tertiary/aromatic N) is 2. The summed E-state index contributed by atoms with van der Waals surface area (Å²) >= 11 is 0. The molecule has 6 nitrogen and oxygen atoms in total. The maximum atomic E-state index is 12.7. The smallest absolute Gasteiger partial charge is 0.355 e. The largest absolute Gasteiger partial charge is 0.461 e. The summed E-state index contributed by atoms with van der Waals surface area (Å²) in [7, 11) is 1.90. The van der Waals surface area contributed by atoms with E-state index in [9.17, 15) is 9.59 Å². The van der Waals surface area contributed by atoms with Gasteiger partial charge in [0.05, 0.1) is 24.3 Å². The summed E-state index contributed by atoms with van der Waals surface area (Å²) in [4.78, 5) is 27.1. The minimum atomic E-state index is -0.460. The molecule has 1 fully saturated rings. The van der Waals surface area contributed by atoms with E-state index in [1.54, 1.807) is 6.92 Å². The maximum Gasteiger partial charge on any atom is 0.355 e. The number of likely N-dealkylation sites (tertiary alicyclic amines) is 1. The molecule has 2 aromatic carbocycles. The van der Waals surface area contributed by atoms with E-state index < -0.39 is 6.04 Å². The van der Waals surface area contributed by atoms with Crippen molar-refractivity contribution in [3.63, 3.8) is 0 Å². The van der Waals surface area contributed by atoms with Crippen LogP contribution in [-0.2, 0) is 9.53 Å². The number of carbonyl (C=O) groups excluding carboxylic acids is 2. The molecule has 6 heteroatoms. The molecule has 29 heavy (non-hydrogen) atoms. The molecule has 0 saturated carbocycles. The van der Waals surface area contributed by atoms with Crippen LogP contribution in [0.3, 0.4) is 0 Å². The first-order valence-electron chi connectivity index (χ1n) is 9.86. The summed E-state index contributed by atoms with van der Waals surface area (Å²) in [5, 5.41) is 0.961. The van der Waals surface area contributed by atoms with Crippen molar-refractivity contribution in [1.82, 2.24) is 9.47 Å². The number of fused-ring (bicyclic) bond motifs is 1. The number of likely N-dealkylation sites (N-methyl/N-ethyl adjacent to an activating group) is 1. The Bertz CT molecular complexity index is 1040. The quantitative estimate of drug-likeness (QED) is 0.677. The number of aromatic nitrogens is 1. The highest BCUT2D eigenvalue weighted by molar-refractivity contribution is 5.96. The molecule has 3 atom stereocenters. The molecule has 0 spiro atoms. The third-order valence-corrected chi connectivity index (χ3v) is 5.80. The molecule has 3 aromatic rings. The van der Waals surface area contributed by atoms with E-state index in [4.69, 9.17) is 10.5 Å². The Hall–Kier alpha value is -3.12. The predicted octanol–water partition coefficient (Wildman–Crippen LogP) is 3.29. The number of esters is 1. The van der Waals surface area contributed by atoms with Crippen molar-refractivity contribution in [3.8, 4) is 0 Å². The number of nitrogens with two attached hydrogens (primary N) is 1. The lowest BCUT2D eigenvalue weighted by Crippen LogP contribution is -2.42. The molecule has 0 aliphatic carbocycles. The molecular formula is C23H25N3O3. The molecule has 1 saturated heterocycles. The van der Waals surface area contributed by atoms with Gasteiger partial charge in [-0.05, 0) is 38.1 Å². The van der Waals surface area contributed by atoms with Gasteiger partial charge in [-0.15, -0.1) is 0 Å². The van der Waals surface area contributed by atoms with Crippen molar-refractivity contribution in [1.29, 1.82) is 0 Å². The van der Waals surface area contributed by atoms with Gasteiger partial charge in [0.1, 0.15) is 5.69 Å². The van der Waals surface area contributed by atoms with E-state index >= 15 is 0 Å². The third kappa shape index (κ3) is 3.29. The first-order valence-corrected chi connectivity index (χ1v) is 9.86. The van der Waals surface area contributed by atoms with Crippen LogP contribution < -0.4 is 5.73 Å². The second kappa shape index (κ2) is 7.72. The van der Waals surface area contributed by atoms with Crippen LogP contribution in [-0.4, -0.2) is 41.0 Å². The van der Waals surface area contributed by atoms with Crippen molar-refractivity contribution in [2.24, 2.45) is 5.73 Å². The molecule has 1 amide bonds. The van der Waals surface area contributed by atoms with Crippen molar-refractivity contribution >= 4 is 22.8 Å². The third-order valence-electron chi connectivity index (χ3n) is 5.80. The molecule has 0 bridgehead atoms. The van der Waals surface area contributed by atoms with Crippen LogP contribution in [0.25, 0.3) is 10.9 Å². The SMILES string of the molecule is CCOC(=O)c1cc2ccccc2n1C1C[C@H](c2ccccc2)[C@@H](C(N)=O)N1C. The minimum Gasteiger partial charge on any atom is -0.461 e. The van der Waals surface area contributed by atoms with Crippen molar-refractivity contribution in [2.75, 3.05) is 13.7 Å². The average molecular weight is 391 g/mol. The fourth-order valence-corrected chi connectivity index (χ4v) is 4.56. The number of primary amides is 1. The Balaban J connectivity index is 1.84. The Kier molecular flexibility index (Phi) is 5.11. The van der Waals surface area contributed by atoms with Crippen LogP contribution in [0.15, 0.2) is 60.7 Å². The molecule has 0 radical (unpaired) electrons. The van der Waals surface area contributed by atoms with Crippen LogP contribution in [0.1, 0.15) is 41.5 Å². The normalized spacial score (nSPS) is 22.1. The van der Waals surface area contributed by atoms with Gasteiger partial charge < -0.3 is 15.0 Å². The number of ether oxygens (including phenoxy) is 1.